The third-order valence-electron chi connectivity index (χ3n) is 6.71. The Labute approximate surface area is 166 Å². The van der Waals surface area contributed by atoms with Crippen LogP contribution in [-0.2, 0) is 0 Å². The number of aromatic carboxylic acids is 1. The summed E-state index contributed by atoms with van der Waals surface area (Å²) in [7, 11) is 0. The molecule has 29 heavy (non-hydrogen) atoms. The summed E-state index contributed by atoms with van der Waals surface area (Å²) in [6.07, 6.45) is 4.59. The number of anilines is 1. The van der Waals surface area contributed by atoms with Crippen LogP contribution in [0.5, 0.6) is 0 Å². The van der Waals surface area contributed by atoms with Gasteiger partial charge in [-0.1, -0.05) is 0 Å². The average molecular weight is 399 g/mol. The van der Waals surface area contributed by atoms with Crippen molar-refractivity contribution >= 4 is 28.3 Å². The van der Waals surface area contributed by atoms with Crippen molar-refractivity contribution < 1.29 is 19.1 Å². The summed E-state index contributed by atoms with van der Waals surface area (Å²) < 4.78 is 17.0. The van der Waals surface area contributed by atoms with Crippen molar-refractivity contribution in [2.24, 2.45) is 0 Å². The van der Waals surface area contributed by atoms with Gasteiger partial charge in [0.2, 0.25) is 5.43 Å². The second-order valence-corrected chi connectivity index (χ2v) is 8.52. The van der Waals surface area contributed by atoms with E-state index in [-0.39, 0.29) is 40.4 Å². The summed E-state index contributed by atoms with van der Waals surface area (Å²) in [5.74, 6) is -2.21. The highest BCUT2D eigenvalue weighted by atomic mass is 19.1. The minimum Gasteiger partial charge on any atom is -0.477 e. The standard InChI is InChI=1S/C21H22FN3O4/c1-11-7-15(26)16-17-12(19(27)13(20(28)29)9-25(11)17)8-14(22)18(16)24-6-5-23-21(10-24)3-2-4-21/h8-9,11,23H,2-7,10H2,1H3,(H,28,29)/t11-/m0/s1. The highest BCUT2D eigenvalue weighted by Gasteiger charge is 2.42. The normalized spacial score (nSPS) is 22.8. The lowest BCUT2D eigenvalue weighted by Gasteiger charge is -2.50. The zero-order valence-electron chi connectivity index (χ0n) is 16.1. The number of carbonyl (C=O) groups excluding carboxylic acids is 1. The van der Waals surface area contributed by atoms with Crippen LogP contribution >= 0.6 is 0 Å². The maximum Gasteiger partial charge on any atom is 0.341 e. The largest absolute Gasteiger partial charge is 0.477 e. The smallest absolute Gasteiger partial charge is 0.341 e. The predicted molar refractivity (Wildman–Crippen MR) is 106 cm³/mol. The molecular formula is C21H22FN3O4. The van der Waals surface area contributed by atoms with E-state index >= 15 is 4.39 Å². The molecule has 0 amide bonds. The molecule has 1 aromatic carbocycles. The van der Waals surface area contributed by atoms with Gasteiger partial charge in [-0.2, -0.15) is 0 Å². The van der Waals surface area contributed by atoms with E-state index < -0.39 is 22.8 Å². The first kappa shape index (κ1) is 18.3. The zero-order valence-corrected chi connectivity index (χ0v) is 16.1. The summed E-state index contributed by atoms with van der Waals surface area (Å²) >= 11 is 0. The number of benzene rings is 1. The van der Waals surface area contributed by atoms with Crippen LogP contribution in [0.3, 0.4) is 0 Å². The number of halogens is 1. The number of pyridine rings is 1. The molecule has 1 spiro atoms. The van der Waals surface area contributed by atoms with Gasteiger partial charge in [-0.05, 0) is 32.3 Å². The molecule has 8 heteroatoms. The van der Waals surface area contributed by atoms with E-state index in [4.69, 9.17) is 0 Å². The minimum atomic E-state index is -1.36. The van der Waals surface area contributed by atoms with Gasteiger partial charge in [-0.25, -0.2) is 9.18 Å². The number of rotatable bonds is 2. The van der Waals surface area contributed by atoms with Gasteiger partial charge >= 0.3 is 5.97 Å². The number of hydrogen-bond acceptors (Lipinski definition) is 5. The Morgan fingerprint density at radius 1 is 1.34 bits per heavy atom. The Bertz CT molecular complexity index is 1140. The molecule has 0 bridgehead atoms. The van der Waals surface area contributed by atoms with Crippen LogP contribution in [-0.4, -0.2) is 46.6 Å². The number of ketones is 1. The summed E-state index contributed by atoms with van der Waals surface area (Å²) in [5, 5.41) is 12.9. The maximum absolute atomic E-state index is 15.4. The molecule has 3 heterocycles. The van der Waals surface area contributed by atoms with E-state index in [9.17, 15) is 19.5 Å². The molecule has 1 aromatic heterocycles. The first-order valence-corrected chi connectivity index (χ1v) is 9.99. The molecular weight excluding hydrogens is 377 g/mol. The van der Waals surface area contributed by atoms with E-state index in [1.54, 1.807) is 11.5 Å². The lowest BCUT2D eigenvalue weighted by atomic mass is 9.75. The van der Waals surface area contributed by atoms with Gasteiger partial charge in [-0.15, -0.1) is 0 Å². The van der Waals surface area contributed by atoms with Crippen molar-refractivity contribution in [2.75, 3.05) is 24.5 Å². The van der Waals surface area contributed by atoms with E-state index in [2.05, 4.69) is 5.32 Å². The molecule has 1 atom stereocenters. The van der Waals surface area contributed by atoms with E-state index in [1.807, 2.05) is 4.90 Å². The van der Waals surface area contributed by atoms with Gasteiger partial charge in [0.05, 0.1) is 22.2 Å². The van der Waals surface area contributed by atoms with E-state index in [0.717, 1.165) is 25.3 Å². The number of carboxylic acid groups (broad SMARTS) is 1. The van der Waals surface area contributed by atoms with Gasteiger partial charge in [0.15, 0.2) is 5.78 Å². The number of carboxylic acids is 1. The van der Waals surface area contributed by atoms with E-state index in [1.165, 1.54) is 6.20 Å². The maximum atomic E-state index is 15.4. The molecule has 2 aliphatic heterocycles. The van der Waals surface area contributed by atoms with Crippen LogP contribution in [0.25, 0.3) is 10.9 Å². The summed E-state index contributed by atoms with van der Waals surface area (Å²) in [6.45, 7) is 3.68. The quantitative estimate of drug-likeness (QED) is 0.805. The zero-order chi connectivity index (χ0) is 20.5. The Morgan fingerprint density at radius 2 is 2.10 bits per heavy atom. The molecule has 0 radical (unpaired) electrons. The second-order valence-electron chi connectivity index (χ2n) is 8.52. The van der Waals surface area contributed by atoms with Crippen molar-refractivity contribution in [3.8, 4) is 0 Å². The lowest BCUT2D eigenvalue weighted by Crippen LogP contribution is -2.64. The lowest BCUT2D eigenvalue weighted by molar-refractivity contribution is 0.0694. The summed E-state index contributed by atoms with van der Waals surface area (Å²) in [5.41, 5.74) is -0.395. The van der Waals surface area contributed by atoms with Crippen LogP contribution in [0.15, 0.2) is 17.1 Å². The van der Waals surface area contributed by atoms with Crippen molar-refractivity contribution in [1.29, 1.82) is 0 Å². The number of piperazine rings is 1. The summed E-state index contributed by atoms with van der Waals surface area (Å²) in [4.78, 5) is 39.2. The molecule has 2 aromatic rings. The highest BCUT2D eigenvalue weighted by molar-refractivity contribution is 6.13. The van der Waals surface area contributed by atoms with Crippen LogP contribution in [0.1, 0.15) is 59.4 Å². The predicted octanol–water partition coefficient (Wildman–Crippen LogP) is 2.32. The molecule has 1 saturated carbocycles. The monoisotopic (exact) mass is 399 g/mol. The van der Waals surface area contributed by atoms with Crippen molar-refractivity contribution in [1.82, 2.24) is 9.88 Å². The van der Waals surface area contributed by atoms with Crippen LogP contribution in [0, 0.1) is 5.82 Å². The number of hydrogen-bond donors (Lipinski definition) is 2. The van der Waals surface area contributed by atoms with Crippen molar-refractivity contribution in [3.63, 3.8) is 0 Å². The number of carbonyl (C=O) groups is 2. The number of Topliss-reactive ketones (excluding diaryl/α,β-unsaturated/α-hetero) is 1. The van der Waals surface area contributed by atoms with Gasteiger partial charge in [0.25, 0.3) is 0 Å². The number of aromatic nitrogens is 1. The third kappa shape index (κ3) is 2.55. The van der Waals surface area contributed by atoms with Crippen molar-refractivity contribution in [3.05, 3.63) is 39.4 Å². The Morgan fingerprint density at radius 3 is 2.76 bits per heavy atom. The topological polar surface area (TPSA) is 91.6 Å². The fraction of sp³-hybridized carbons (Fsp3) is 0.476. The van der Waals surface area contributed by atoms with Gasteiger partial charge in [-0.3, -0.25) is 9.59 Å². The van der Waals surface area contributed by atoms with Gasteiger partial charge < -0.3 is 19.9 Å². The second kappa shape index (κ2) is 6.13. The average Bonchev–Trinajstić information content (AvgIpc) is 2.65. The van der Waals surface area contributed by atoms with E-state index in [0.29, 0.717) is 25.2 Å². The Kier molecular flexibility index (Phi) is 3.87. The molecule has 152 valence electrons. The minimum absolute atomic E-state index is 0.0375. The fourth-order valence-electron chi connectivity index (χ4n) is 5.11. The molecule has 1 aliphatic carbocycles. The molecule has 1 saturated heterocycles. The Balaban J connectivity index is 1.79. The SMILES string of the molecule is C[C@H]1CC(=O)c2c(N3CCNC4(CCC4)C3)c(F)cc3c(=O)c(C(=O)O)cn1c23. The van der Waals surface area contributed by atoms with Gasteiger partial charge in [0.1, 0.15) is 11.4 Å². The molecule has 2 N–H and O–H groups in total. The van der Waals surface area contributed by atoms with Gasteiger partial charge in [0, 0.05) is 43.8 Å². The highest BCUT2D eigenvalue weighted by Crippen LogP contribution is 2.41. The first-order chi connectivity index (χ1) is 13.8. The summed E-state index contributed by atoms with van der Waals surface area (Å²) in [6, 6.07) is 0.802. The molecule has 2 fully saturated rings. The van der Waals surface area contributed by atoms with Crippen LogP contribution in [0.2, 0.25) is 0 Å². The molecule has 0 unspecified atom stereocenters. The third-order valence-corrected chi connectivity index (χ3v) is 6.71. The van der Waals surface area contributed by atoms with Crippen LogP contribution in [0.4, 0.5) is 10.1 Å². The molecule has 3 aliphatic rings. The number of nitrogens with one attached hydrogen (secondary N) is 1. The molecule has 7 nitrogen and oxygen atoms in total. The first-order valence-electron chi connectivity index (χ1n) is 9.99. The number of nitrogens with zero attached hydrogens (tertiary/aromatic N) is 2. The van der Waals surface area contributed by atoms with Crippen LogP contribution < -0.4 is 15.6 Å². The molecule has 5 rings (SSSR count). The van der Waals surface area contributed by atoms with Crippen molar-refractivity contribution in [2.45, 2.75) is 44.2 Å². The Hall–Kier alpha value is -2.74. The fourth-order valence-corrected chi connectivity index (χ4v) is 5.11.